The van der Waals surface area contributed by atoms with Gasteiger partial charge in [0.05, 0.1) is 11.9 Å². The molecule has 0 fully saturated rings. The third-order valence-electron chi connectivity index (χ3n) is 3.99. The van der Waals surface area contributed by atoms with Crippen LogP contribution in [0.3, 0.4) is 0 Å². The van der Waals surface area contributed by atoms with E-state index in [0.717, 1.165) is 22.5 Å². The van der Waals surface area contributed by atoms with E-state index in [-0.39, 0.29) is 0 Å². The van der Waals surface area contributed by atoms with E-state index in [1.165, 1.54) is 16.4 Å². The third-order valence-corrected chi connectivity index (χ3v) is 4.91. The van der Waals surface area contributed by atoms with Crippen LogP contribution in [0.15, 0.2) is 70.4 Å². The lowest BCUT2D eigenvalue weighted by molar-refractivity contribution is 0.529. The normalized spacial score (nSPS) is 11.0. The van der Waals surface area contributed by atoms with E-state index in [2.05, 4.69) is 15.2 Å². The molecular weight excluding hydrogens is 346 g/mol. The molecule has 7 heteroatoms. The fourth-order valence-electron chi connectivity index (χ4n) is 2.62. The van der Waals surface area contributed by atoms with Crippen molar-refractivity contribution in [2.45, 2.75) is 17.8 Å². The van der Waals surface area contributed by atoms with Gasteiger partial charge in [-0.2, -0.15) is 0 Å². The highest BCUT2D eigenvalue weighted by Crippen LogP contribution is 2.27. The molecule has 26 heavy (non-hydrogen) atoms. The number of aromatic nitrogens is 4. The van der Waals surface area contributed by atoms with Gasteiger partial charge >= 0.3 is 0 Å². The summed E-state index contributed by atoms with van der Waals surface area (Å²) in [7, 11) is 0. The number of benzene rings is 2. The molecule has 0 bridgehead atoms. The van der Waals surface area contributed by atoms with Gasteiger partial charge in [0.2, 0.25) is 11.0 Å². The van der Waals surface area contributed by atoms with Crippen LogP contribution in [0.1, 0.15) is 11.5 Å². The molecule has 0 unspecified atom stereocenters. The standard InChI is InChI=1S/C19H17N5OS/c1-13-7-5-6-10-15(13)18-22-23-19(24(18)20)26-12-17-21-11-16(25-17)14-8-3-2-4-9-14/h2-11H,12,20H2,1H3. The van der Waals surface area contributed by atoms with E-state index in [0.29, 0.717) is 22.6 Å². The molecule has 6 nitrogen and oxygen atoms in total. The lowest BCUT2D eigenvalue weighted by atomic mass is 10.1. The number of nitrogens with zero attached hydrogens (tertiary/aromatic N) is 4. The minimum Gasteiger partial charge on any atom is -0.440 e. The molecule has 0 spiro atoms. The fraction of sp³-hybridized carbons (Fsp3) is 0.105. The summed E-state index contributed by atoms with van der Waals surface area (Å²) in [5.41, 5.74) is 3.07. The number of nitrogens with two attached hydrogens (primary N) is 1. The Labute approximate surface area is 155 Å². The van der Waals surface area contributed by atoms with Crippen molar-refractivity contribution in [3.63, 3.8) is 0 Å². The van der Waals surface area contributed by atoms with Crippen molar-refractivity contribution >= 4 is 11.8 Å². The minimum absolute atomic E-state index is 0.524. The molecule has 0 saturated heterocycles. The number of nitrogen functional groups attached to an aromatic ring is 1. The predicted octanol–water partition coefficient (Wildman–Crippen LogP) is 3.91. The van der Waals surface area contributed by atoms with Crippen LogP contribution in [-0.2, 0) is 5.75 Å². The summed E-state index contributed by atoms with van der Waals surface area (Å²) in [6.07, 6.45) is 1.73. The van der Waals surface area contributed by atoms with Gasteiger partial charge in [-0.05, 0) is 12.5 Å². The summed E-state index contributed by atoms with van der Waals surface area (Å²) in [6.45, 7) is 2.02. The Bertz CT molecular complexity index is 1030. The number of thioether (sulfide) groups is 1. The maximum atomic E-state index is 6.18. The molecule has 4 rings (SSSR count). The number of hydrogen-bond donors (Lipinski definition) is 1. The molecule has 0 aliphatic carbocycles. The van der Waals surface area contributed by atoms with Crippen LogP contribution in [0, 0.1) is 6.92 Å². The Kier molecular flexibility index (Phi) is 4.45. The zero-order valence-corrected chi connectivity index (χ0v) is 15.0. The van der Waals surface area contributed by atoms with Crippen molar-refractivity contribution in [3.8, 4) is 22.7 Å². The highest BCUT2D eigenvalue weighted by atomic mass is 32.2. The van der Waals surface area contributed by atoms with E-state index >= 15 is 0 Å². The second-order valence-electron chi connectivity index (χ2n) is 5.76. The summed E-state index contributed by atoms with van der Waals surface area (Å²) in [5.74, 6) is 8.72. The highest BCUT2D eigenvalue weighted by molar-refractivity contribution is 7.98. The van der Waals surface area contributed by atoms with Crippen molar-refractivity contribution < 1.29 is 4.42 Å². The molecule has 0 atom stereocenters. The first kappa shape index (κ1) is 16.4. The molecule has 2 aromatic heterocycles. The van der Waals surface area contributed by atoms with Crippen LogP contribution >= 0.6 is 11.8 Å². The average molecular weight is 363 g/mol. The molecular formula is C19H17N5OS. The Hall–Kier alpha value is -3.06. The van der Waals surface area contributed by atoms with Gasteiger partial charge in [-0.1, -0.05) is 66.4 Å². The van der Waals surface area contributed by atoms with E-state index in [9.17, 15) is 0 Å². The van der Waals surface area contributed by atoms with Crippen LogP contribution in [-0.4, -0.2) is 19.9 Å². The summed E-state index contributed by atoms with van der Waals surface area (Å²) in [5, 5.41) is 9.04. The minimum atomic E-state index is 0.524. The molecule has 2 aromatic carbocycles. The molecule has 2 N–H and O–H groups in total. The lowest BCUT2D eigenvalue weighted by Crippen LogP contribution is -2.12. The first-order valence-corrected chi connectivity index (χ1v) is 9.10. The summed E-state index contributed by atoms with van der Waals surface area (Å²) < 4.78 is 7.32. The zero-order chi connectivity index (χ0) is 17.9. The molecule has 0 radical (unpaired) electrons. The maximum Gasteiger partial charge on any atom is 0.210 e. The number of rotatable bonds is 5. The van der Waals surface area contributed by atoms with Gasteiger partial charge in [-0.25, -0.2) is 9.66 Å². The van der Waals surface area contributed by atoms with E-state index in [1.807, 2.05) is 61.5 Å². The highest BCUT2D eigenvalue weighted by Gasteiger charge is 2.15. The first-order valence-electron chi connectivity index (χ1n) is 8.12. The van der Waals surface area contributed by atoms with Crippen molar-refractivity contribution in [1.82, 2.24) is 19.9 Å². The van der Waals surface area contributed by atoms with E-state index < -0.39 is 0 Å². The van der Waals surface area contributed by atoms with Crippen molar-refractivity contribution in [2.75, 3.05) is 5.84 Å². The number of oxazole rings is 1. The fourth-order valence-corrected chi connectivity index (χ4v) is 3.33. The Balaban J connectivity index is 1.50. The van der Waals surface area contributed by atoms with Gasteiger partial charge in [-0.15, -0.1) is 10.2 Å². The van der Waals surface area contributed by atoms with Crippen LogP contribution in [0.25, 0.3) is 22.7 Å². The van der Waals surface area contributed by atoms with Gasteiger partial charge in [0.15, 0.2) is 11.6 Å². The van der Waals surface area contributed by atoms with Crippen LogP contribution in [0.5, 0.6) is 0 Å². The average Bonchev–Trinajstić information content (AvgIpc) is 3.28. The van der Waals surface area contributed by atoms with E-state index in [1.54, 1.807) is 6.20 Å². The second kappa shape index (κ2) is 7.05. The number of hydrogen-bond acceptors (Lipinski definition) is 6. The van der Waals surface area contributed by atoms with Gasteiger partial charge in [0.1, 0.15) is 0 Å². The Morgan fingerprint density at radius 3 is 2.62 bits per heavy atom. The van der Waals surface area contributed by atoms with Crippen LogP contribution < -0.4 is 5.84 Å². The van der Waals surface area contributed by atoms with Gasteiger partial charge < -0.3 is 10.3 Å². The summed E-state index contributed by atoms with van der Waals surface area (Å²) in [4.78, 5) is 4.33. The first-order chi connectivity index (χ1) is 12.7. The largest absolute Gasteiger partial charge is 0.440 e. The summed E-state index contributed by atoms with van der Waals surface area (Å²) in [6, 6.07) is 17.8. The van der Waals surface area contributed by atoms with E-state index in [4.69, 9.17) is 10.3 Å². The molecule has 130 valence electrons. The van der Waals surface area contributed by atoms with Crippen molar-refractivity contribution in [1.29, 1.82) is 0 Å². The maximum absolute atomic E-state index is 6.18. The van der Waals surface area contributed by atoms with Crippen molar-refractivity contribution in [2.24, 2.45) is 0 Å². The number of aryl methyl sites for hydroxylation is 1. The predicted molar refractivity (Wildman–Crippen MR) is 102 cm³/mol. The van der Waals surface area contributed by atoms with Crippen LogP contribution in [0.4, 0.5) is 0 Å². The smallest absolute Gasteiger partial charge is 0.210 e. The molecule has 4 aromatic rings. The van der Waals surface area contributed by atoms with Gasteiger partial charge in [0, 0.05) is 11.1 Å². The molecule has 0 aliphatic rings. The SMILES string of the molecule is Cc1ccccc1-c1nnc(SCc2ncc(-c3ccccc3)o2)n1N. The monoisotopic (exact) mass is 363 g/mol. The molecule has 0 aliphatic heterocycles. The second-order valence-corrected chi connectivity index (χ2v) is 6.71. The quantitative estimate of drug-likeness (QED) is 0.427. The van der Waals surface area contributed by atoms with Gasteiger partial charge in [0.25, 0.3) is 0 Å². The molecule has 0 saturated carbocycles. The Morgan fingerprint density at radius 1 is 1.04 bits per heavy atom. The topological polar surface area (TPSA) is 82.8 Å². The lowest BCUT2D eigenvalue weighted by Gasteiger charge is -2.05. The van der Waals surface area contributed by atoms with Crippen LogP contribution in [0.2, 0.25) is 0 Å². The zero-order valence-electron chi connectivity index (χ0n) is 14.2. The molecule has 0 amide bonds. The van der Waals surface area contributed by atoms with Crippen molar-refractivity contribution in [3.05, 3.63) is 72.2 Å². The summed E-state index contributed by atoms with van der Waals surface area (Å²) >= 11 is 1.44. The molecule has 2 heterocycles. The third kappa shape index (κ3) is 3.21. The van der Waals surface area contributed by atoms with Gasteiger partial charge in [-0.3, -0.25) is 0 Å². The Morgan fingerprint density at radius 2 is 1.81 bits per heavy atom.